The van der Waals surface area contributed by atoms with Crippen LogP contribution in [-0.2, 0) is 0 Å². The summed E-state index contributed by atoms with van der Waals surface area (Å²) in [6, 6.07) is 6.21. The Balaban J connectivity index is 1.98. The number of aryl methyl sites for hydroxylation is 1. The lowest BCUT2D eigenvalue weighted by molar-refractivity contribution is 0.416. The van der Waals surface area contributed by atoms with Gasteiger partial charge in [-0.05, 0) is 19.1 Å². The van der Waals surface area contributed by atoms with E-state index >= 15 is 0 Å². The van der Waals surface area contributed by atoms with Gasteiger partial charge in [-0.2, -0.15) is 0 Å². The van der Waals surface area contributed by atoms with Crippen LogP contribution in [0, 0.1) is 6.92 Å². The molecule has 1 fully saturated rings. The normalized spacial score (nSPS) is 15.4. The van der Waals surface area contributed by atoms with Crippen LogP contribution in [0.1, 0.15) is 17.2 Å². The van der Waals surface area contributed by atoms with E-state index in [4.69, 9.17) is 9.72 Å². The van der Waals surface area contributed by atoms with Gasteiger partial charge >= 0.3 is 0 Å². The number of hydrogen-bond donors (Lipinski definition) is 1. The molecule has 1 saturated heterocycles. The molecule has 4 heteroatoms. The van der Waals surface area contributed by atoms with Gasteiger partial charge in [0.2, 0.25) is 0 Å². The maximum Gasteiger partial charge on any atom is 0.129 e. The fourth-order valence-corrected chi connectivity index (χ4v) is 3.01. The summed E-state index contributed by atoms with van der Waals surface area (Å²) in [6.07, 6.45) is 0. The zero-order chi connectivity index (χ0) is 12.5. The van der Waals surface area contributed by atoms with Crippen molar-refractivity contribution in [1.82, 2.24) is 10.3 Å². The van der Waals surface area contributed by atoms with E-state index in [0.717, 1.165) is 29.4 Å². The fourth-order valence-electron chi connectivity index (χ4n) is 2.08. The highest BCUT2D eigenvalue weighted by Crippen LogP contribution is 2.34. The van der Waals surface area contributed by atoms with Crippen molar-refractivity contribution in [3.05, 3.63) is 34.8 Å². The molecule has 0 bridgehead atoms. The summed E-state index contributed by atoms with van der Waals surface area (Å²) in [6.45, 7) is 4.19. The third-order valence-electron chi connectivity index (χ3n) is 3.31. The number of ether oxygens (including phenoxy) is 1. The van der Waals surface area contributed by atoms with Crippen LogP contribution in [0.4, 0.5) is 0 Å². The zero-order valence-corrected chi connectivity index (χ0v) is 11.4. The minimum absolute atomic E-state index is 0.589. The van der Waals surface area contributed by atoms with E-state index in [2.05, 4.69) is 29.8 Å². The van der Waals surface area contributed by atoms with Crippen molar-refractivity contribution in [1.29, 1.82) is 0 Å². The SMILES string of the molecule is COc1ccc(C)cc1-c1nc(C2CNC2)cs1. The molecular weight excluding hydrogens is 244 g/mol. The minimum atomic E-state index is 0.589. The number of methoxy groups -OCH3 is 1. The Morgan fingerprint density at radius 1 is 1.39 bits per heavy atom. The molecule has 2 aromatic rings. The summed E-state index contributed by atoms with van der Waals surface area (Å²) in [5, 5.41) is 6.50. The number of nitrogens with one attached hydrogen (secondary N) is 1. The van der Waals surface area contributed by atoms with Crippen LogP contribution >= 0.6 is 11.3 Å². The molecule has 0 atom stereocenters. The van der Waals surface area contributed by atoms with Crippen LogP contribution in [0.5, 0.6) is 5.75 Å². The van der Waals surface area contributed by atoms with Gasteiger partial charge in [-0.25, -0.2) is 4.98 Å². The summed E-state index contributed by atoms with van der Waals surface area (Å²) in [5.74, 6) is 1.49. The largest absolute Gasteiger partial charge is 0.496 e. The van der Waals surface area contributed by atoms with Gasteiger partial charge in [-0.3, -0.25) is 0 Å². The summed E-state index contributed by atoms with van der Waals surface area (Å²) in [4.78, 5) is 4.75. The molecule has 1 aromatic carbocycles. The van der Waals surface area contributed by atoms with Crippen LogP contribution in [-0.4, -0.2) is 25.2 Å². The first-order valence-corrected chi connectivity index (χ1v) is 6.97. The van der Waals surface area contributed by atoms with Crippen molar-refractivity contribution in [2.45, 2.75) is 12.8 Å². The second-order valence-corrected chi connectivity index (χ2v) is 5.49. The molecule has 0 unspecified atom stereocenters. The van der Waals surface area contributed by atoms with Gasteiger partial charge in [0.15, 0.2) is 0 Å². The number of benzene rings is 1. The smallest absolute Gasteiger partial charge is 0.129 e. The maximum atomic E-state index is 5.42. The number of rotatable bonds is 3. The van der Waals surface area contributed by atoms with Crippen molar-refractivity contribution in [2.75, 3.05) is 20.2 Å². The van der Waals surface area contributed by atoms with E-state index in [-0.39, 0.29) is 0 Å². The molecule has 1 aliphatic rings. The second-order valence-electron chi connectivity index (χ2n) is 4.64. The van der Waals surface area contributed by atoms with Crippen molar-refractivity contribution < 1.29 is 4.74 Å². The maximum absolute atomic E-state index is 5.42. The predicted molar refractivity (Wildman–Crippen MR) is 74.4 cm³/mol. The van der Waals surface area contributed by atoms with Crippen molar-refractivity contribution in [3.63, 3.8) is 0 Å². The summed E-state index contributed by atoms with van der Waals surface area (Å²) in [7, 11) is 1.71. The van der Waals surface area contributed by atoms with E-state index in [9.17, 15) is 0 Å². The average Bonchev–Trinajstić information content (AvgIpc) is 2.76. The average molecular weight is 260 g/mol. The van der Waals surface area contributed by atoms with E-state index in [0.29, 0.717) is 5.92 Å². The molecular formula is C14H16N2OS. The monoisotopic (exact) mass is 260 g/mol. The molecule has 1 aliphatic heterocycles. The molecule has 0 amide bonds. The Bertz CT molecular complexity index is 561. The van der Waals surface area contributed by atoms with E-state index in [1.165, 1.54) is 11.3 Å². The lowest BCUT2D eigenvalue weighted by Gasteiger charge is -2.25. The summed E-state index contributed by atoms with van der Waals surface area (Å²) >= 11 is 1.70. The molecule has 1 N–H and O–H groups in total. The third-order valence-corrected chi connectivity index (χ3v) is 4.20. The van der Waals surface area contributed by atoms with Gasteiger partial charge in [0.1, 0.15) is 10.8 Å². The predicted octanol–water partition coefficient (Wildman–Crippen LogP) is 2.81. The molecule has 3 rings (SSSR count). The van der Waals surface area contributed by atoms with Crippen molar-refractivity contribution >= 4 is 11.3 Å². The number of hydrogen-bond acceptors (Lipinski definition) is 4. The molecule has 3 nitrogen and oxygen atoms in total. The molecule has 2 heterocycles. The van der Waals surface area contributed by atoms with Gasteiger partial charge in [0.05, 0.1) is 18.4 Å². The van der Waals surface area contributed by atoms with Crippen LogP contribution in [0.15, 0.2) is 23.6 Å². The number of nitrogens with zero attached hydrogens (tertiary/aromatic N) is 1. The first-order chi connectivity index (χ1) is 8.78. The Labute approximate surface area is 111 Å². The molecule has 0 spiro atoms. The molecule has 18 heavy (non-hydrogen) atoms. The van der Waals surface area contributed by atoms with Gasteiger partial charge in [0.25, 0.3) is 0 Å². The van der Waals surface area contributed by atoms with Crippen molar-refractivity contribution in [3.8, 4) is 16.3 Å². The molecule has 0 saturated carbocycles. The molecule has 0 aliphatic carbocycles. The molecule has 0 radical (unpaired) electrons. The van der Waals surface area contributed by atoms with Gasteiger partial charge < -0.3 is 10.1 Å². The van der Waals surface area contributed by atoms with Crippen LogP contribution < -0.4 is 10.1 Å². The first-order valence-electron chi connectivity index (χ1n) is 6.09. The van der Waals surface area contributed by atoms with E-state index < -0.39 is 0 Å². The standard InChI is InChI=1S/C14H16N2OS/c1-9-3-4-13(17-2)11(5-9)14-16-12(8-18-14)10-6-15-7-10/h3-5,8,10,15H,6-7H2,1-2H3. The van der Waals surface area contributed by atoms with Crippen LogP contribution in [0.2, 0.25) is 0 Å². The lowest BCUT2D eigenvalue weighted by atomic mass is 10.0. The van der Waals surface area contributed by atoms with E-state index in [1.807, 2.05) is 6.07 Å². The third kappa shape index (κ3) is 2.02. The fraction of sp³-hybridized carbons (Fsp3) is 0.357. The van der Waals surface area contributed by atoms with Gasteiger partial charge in [-0.15, -0.1) is 11.3 Å². The Kier molecular flexibility index (Phi) is 3.06. The highest BCUT2D eigenvalue weighted by Gasteiger charge is 2.22. The topological polar surface area (TPSA) is 34.1 Å². The van der Waals surface area contributed by atoms with Gasteiger partial charge in [0, 0.05) is 24.4 Å². The van der Waals surface area contributed by atoms with Crippen molar-refractivity contribution in [2.24, 2.45) is 0 Å². The molecule has 1 aromatic heterocycles. The number of aromatic nitrogens is 1. The Morgan fingerprint density at radius 2 is 2.22 bits per heavy atom. The highest BCUT2D eigenvalue weighted by atomic mass is 32.1. The summed E-state index contributed by atoms with van der Waals surface area (Å²) in [5.41, 5.74) is 3.53. The lowest BCUT2D eigenvalue weighted by Crippen LogP contribution is -2.40. The Hall–Kier alpha value is -1.39. The molecule has 94 valence electrons. The highest BCUT2D eigenvalue weighted by molar-refractivity contribution is 7.13. The first kappa shape index (κ1) is 11.7. The van der Waals surface area contributed by atoms with E-state index in [1.54, 1.807) is 18.4 Å². The van der Waals surface area contributed by atoms with Crippen LogP contribution in [0.3, 0.4) is 0 Å². The van der Waals surface area contributed by atoms with Crippen LogP contribution in [0.25, 0.3) is 10.6 Å². The van der Waals surface area contributed by atoms with Gasteiger partial charge in [-0.1, -0.05) is 11.6 Å². The zero-order valence-electron chi connectivity index (χ0n) is 10.6. The number of thiazole rings is 1. The summed E-state index contributed by atoms with van der Waals surface area (Å²) < 4.78 is 5.42. The minimum Gasteiger partial charge on any atom is -0.496 e. The Morgan fingerprint density at radius 3 is 2.89 bits per heavy atom. The quantitative estimate of drug-likeness (QED) is 0.921. The second kappa shape index (κ2) is 4.71.